The van der Waals surface area contributed by atoms with Gasteiger partial charge < -0.3 is 10.2 Å². The predicted octanol–water partition coefficient (Wildman–Crippen LogP) is 3.50. The number of nitrogens with zero attached hydrogens (tertiary/aromatic N) is 3. The summed E-state index contributed by atoms with van der Waals surface area (Å²) in [7, 11) is 0. The van der Waals surface area contributed by atoms with Gasteiger partial charge in [0.1, 0.15) is 15.7 Å². The summed E-state index contributed by atoms with van der Waals surface area (Å²) in [6.45, 7) is 13.8. The molecule has 2 aromatic heterocycles. The van der Waals surface area contributed by atoms with Crippen molar-refractivity contribution in [3.05, 3.63) is 16.8 Å². The van der Waals surface area contributed by atoms with Gasteiger partial charge in [0.15, 0.2) is 0 Å². The summed E-state index contributed by atoms with van der Waals surface area (Å²) in [6, 6.07) is 2.16. The molecular formula is C18H28N4OS2. The van der Waals surface area contributed by atoms with Crippen LogP contribution in [0.5, 0.6) is 0 Å². The predicted molar refractivity (Wildman–Crippen MR) is 108 cm³/mol. The van der Waals surface area contributed by atoms with E-state index >= 15 is 0 Å². The van der Waals surface area contributed by atoms with Gasteiger partial charge in [-0.15, -0.1) is 11.3 Å². The standard InChI is InChI=1S/C18H28N4OS2/c1-6-14-11-15-17(20-13(5)21-18(15)25-14)24-12(4)16(23)19-9-10-22(7-2)8-3/h11-12H,6-10H2,1-5H3,(H,19,23). The lowest BCUT2D eigenvalue weighted by atomic mass is 10.3. The molecule has 1 N–H and O–H groups in total. The van der Waals surface area contributed by atoms with Crippen LogP contribution in [0.4, 0.5) is 0 Å². The van der Waals surface area contributed by atoms with E-state index in [9.17, 15) is 4.79 Å². The average molecular weight is 381 g/mol. The minimum atomic E-state index is -0.181. The SMILES string of the molecule is CCc1cc2c(SC(C)C(=O)NCCN(CC)CC)nc(C)nc2s1. The summed E-state index contributed by atoms with van der Waals surface area (Å²) in [5.41, 5.74) is 0. The summed E-state index contributed by atoms with van der Waals surface area (Å²) in [6.07, 6.45) is 0.992. The van der Waals surface area contributed by atoms with E-state index in [1.165, 1.54) is 16.6 Å². The number of aromatic nitrogens is 2. The van der Waals surface area contributed by atoms with Gasteiger partial charge in [-0.1, -0.05) is 32.5 Å². The molecule has 2 rings (SSSR count). The molecule has 0 saturated carbocycles. The smallest absolute Gasteiger partial charge is 0.233 e. The third-order valence-corrected chi connectivity index (χ3v) is 6.42. The van der Waals surface area contributed by atoms with Crippen LogP contribution in [0.1, 0.15) is 38.4 Å². The third kappa shape index (κ3) is 5.39. The molecule has 7 heteroatoms. The summed E-state index contributed by atoms with van der Waals surface area (Å²) >= 11 is 3.23. The van der Waals surface area contributed by atoms with Gasteiger partial charge in [-0.3, -0.25) is 4.79 Å². The molecule has 138 valence electrons. The van der Waals surface area contributed by atoms with Crippen LogP contribution in [0.2, 0.25) is 0 Å². The second-order valence-corrected chi connectivity index (χ2v) is 8.38. The second kappa shape index (κ2) is 9.50. The Balaban J connectivity index is 2.02. The van der Waals surface area contributed by atoms with Crippen molar-refractivity contribution < 1.29 is 4.79 Å². The monoisotopic (exact) mass is 380 g/mol. The fraction of sp³-hybridized carbons (Fsp3) is 0.611. The lowest BCUT2D eigenvalue weighted by Crippen LogP contribution is -2.38. The molecule has 0 saturated heterocycles. The lowest BCUT2D eigenvalue weighted by molar-refractivity contribution is -0.120. The zero-order valence-corrected chi connectivity index (χ0v) is 17.4. The molecule has 25 heavy (non-hydrogen) atoms. The van der Waals surface area contributed by atoms with Gasteiger partial charge in [-0.05, 0) is 39.4 Å². The molecule has 0 aliphatic carbocycles. The minimum absolute atomic E-state index is 0.0625. The molecule has 0 aliphatic rings. The highest BCUT2D eigenvalue weighted by molar-refractivity contribution is 8.00. The van der Waals surface area contributed by atoms with E-state index in [1.54, 1.807) is 11.3 Å². The average Bonchev–Trinajstić information content (AvgIpc) is 3.01. The number of thiophene rings is 1. The number of carbonyl (C=O) groups excluding carboxylic acids is 1. The van der Waals surface area contributed by atoms with Crippen molar-refractivity contribution in [2.75, 3.05) is 26.2 Å². The van der Waals surface area contributed by atoms with Gasteiger partial charge in [0.2, 0.25) is 5.91 Å². The first-order valence-electron chi connectivity index (χ1n) is 8.92. The number of nitrogens with one attached hydrogen (secondary N) is 1. The first-order valence-corrected chi connectivity index (χ1v) is 10.6. The topological polar surface area (TPSA) is 58.1 Å². The van der Waals surface area contributed by atoms with E-state index in [0.29, 0.717) is 6.54 Å². The molecule has 0 aliphatic heterocycles. The summed E-state index contributed by atoms with van der Waals surface area (Å²) in [5.74, 6) is 0.821. The third-order valence-electron chi connectivity index (χ3n) is 4.15. The minimum Gasteiger partial charge on any atom is -0.354 e. The number of carbonyl (C=O) groups is 1. The number of fused-ring (bicyclic) bond motifs is 1. The molecule has 5 nitrogen and oxygen atoms in total. The van der Waals surface area contributed by atoms with Crippen molar-refractivity contribution >= 4 is 39.2 Å². The highest BCUT2D eigenvalue weighted by Crippen LogP contribution is 2.33. The Kier molecular flexibility index (Phi) is 7.65. The fourth-order valence-corrected chi connectivity index (χ4v) is 4.62. The summed E-state index contributed by atoms with van der Waals surface area (Å²) < 4.78 is 0. The maximum Gasteiger partial charge on any atom is 0.233 e. The molecule has 0 spiro atoms. The van der Waals surface area contributed by atoms with Crippen molar-refractivity contribution in [1.82, 2.24) is 20.2 Å². The first kappa shape index (κ1) is 20.1. The van der Waals surface area contributed by atoms with E-state index in [0.717, 1.165) is 47.1 Å². The van der Waals surface area contributed by atoms with Gasteiger partial charge in [-0.25, -0.2) is 9.97 Å². The second-order valence-electron chi connectivity index (χ2n) is 5.94. The Morgan fingerprint density at radius 2 is 2.04 bits per heavy atom. The molecule has 0 aromatic carbocycles. The van der Waals surface area contributed by atoms with Crippen LogP contribution in [-0.2, 0) is 11.2 Å². The zero-order chi connectivity index (χ0) is 18.4. The summed E-state index contributed by atoms with van der Waals surface area (Å²) in [4.78, 5) is 26.1. The number of amides is 1. The Labute approximate surface area is 158 Å². The number of hydrogen-bond acceptors (Lipinski definition) is 6. The van der Waals surface area contributed by atoms with Gasteiger partial charge in [0.05, 0.1) is 5.25 Å². The molecule has 1 amide bonds. The number of rotatable bonds is 9. The molecular weight excluding hydrogens is 352 g/mol. The zero-order valence-electron chi connectivity index (χ0n) is 15.8. The van der Waals surface area contributed by atoms with Crippen LogP contribution < -0.4 is 5.32 Å². The van der Waals surface area contributed by atoms with Crippen LogP contribution in [-0.4, -0.2) is 52.2 Å². The molecule has 0 radical (unpaired) electrons. The summed E-state index contributed by atoms with van der Waals surface area (Å²) in [5, 5.41) is 4.83. The highest BCUT2D eigenvalue weighted by Gasteiger charge is 2.18. The Morgan fingerprint density at radius 3 is 2.68 bits per heavy atom. The van der Waals surface area contributed by atoms with E-state index < -0.39 is 0 Å². The Hall–Kier alpha value is -1.18. The largest absolute Gasteiger partial charge is 0.354 e. The van der Waals surface area contributed by atoms with Crippen LogP contribution in [0, 0.1) is 6.92 Å². The molecule has 2 heterocycles. The van der Waals surface area contributed by atoms with E-state index in [-0.39, 0.29) is 11.2 Å². The molecule has 0 bridgehead atoms. The van der Waals surface area contributed by atoms with Crippen LogP contribution in [0.3, 0.4) is 0 Å². The maximum atomic E-state index is 12.4. The Bertz CT molecular complexity index is 712. The molecule has 0 fully saturated rings. The van der Waals surface area contributed by atoms with Crippen LogP contribution in [0.25, 0.3) is 10.2 Å². The molecule has 1 atom stereocenters. The number of aryl methyl sites for hydroxylation is 2. The van der Waals surface area contributed by atoms with E-state index in [4.69, 9.17) is 0 Å². The maximum absolute atomic E-state index is 12.4. The highest BCUT2D eigenvalue weighted by atomic mass is 32.2. The quantitative estimate of drug-likeness (QED) is 0.533. The van der Waals surface area contributed by atoms with Crippen molar-refractivity contribution in [2.24, 2.45) is 0 Å². The number of likely N-dealkylation sites (N-methyl/N-ethyl adjacent to an activating group) is 1. The molecule has 1 unspecified atom stereocenters. The Morgan fingerprint density at radius 1 is 1.32 bits per heavy atom. The van der Waals surface area contributed by atoms with Gasteiger partial charge in [0, 0.05) is 23.4 Å². The normalized spacial score (nSPS) is 12.7. The first-order chi connectivity index (χ1) is 12.0. The van der Waals surface area contributed by atoms with E-state index in [1.807, 2.05) is 13.8 Å². The van der Waals surface area contributed by atoms with Crippen molar-refractivity contribution in [2.45, 2.75) is 51.3 Å². The fourth-order valence-electron chi connectivity index (χ4n) is 2.55. The van der Waals surface area contributed by atoms with Crippen molar-refractivity contribution in [1.29, 1.82) is 0 Å². The van der Waals surface area contributed by atoms with Gasteiger partial charge >= 0.3 is 0 Å². The van der Waals surface area contributed by atoms with Crippen molar-refractivity contribution in [3.63, 3.8) is 0 Å². The van der Waals surface area contributed by atoms with E-state index in [2.05, 4.69) is 47.0 Å². The van der Waals surface area contributed by atoms with Crippen molar-refractivity contribution in [3.8, 4) is 0 Å². The van der Waals surface area contributed by atoms with Gasteiger partial charge in [-0.2, -0.15) is 0 Å². The van der Waals surface area contributed by atoms with Crippen LogP contribution >= 0.6 is 23.1 Å². The van der Waals surface area contributed by atoms with Crippen LogP contribution in [0.15, 0.2) is 11.1 Å². The lowest BCUT2D eigenvalue weighted by Gasteiger charge is -2.19. The number of thioether (sulfide) groups is 1. The molecule has 2 aromatic rings. The van der Waals surface area contributed by atoms with Gasteiger partial charge in [0.25, 0.3) is 0 Å². The number of hydrogen-bond donors (Lipinski definition) is 1.